The number of aromatic nitrogens is 1. The van der Waals surface area contributed by atoms with Gasteiger partial charge in [0.2, 0.25) is 5.91 Å². The van der Waals surface area contributed by atoms with E-state index in [0.29, 0.717) is 12.1 Å². The molecule has 0 aliphatic rings. The molecule has 1 heterocycles. The first-order valence-electron chi connectivity index (χ1n) is 6.35. The summed E-state index contributed by atoms with van der Waals surface area (Å²) >= 11 is 0. The molecule has 0 radical (unpaired) electrons. The van der Waals surface area contributed by atoms with Crippen LogP contribution in [0.3, 0.4) is 0 Å². The number of nitrogens with two attached hydrogens (primary N) is 2. The normalized spacial score (nSPS) is 10.3. The smallest absolute Gasteiger partial charge is 0.250 e. The van der Waals surface area contributed by atoms with Gasteiger partial charge in [0.1, 0.15) is 5.82 Å². The van der Waals surface area contributed by atoms with Gasteiger partial charge in [-0.25, -0.2) is 4.98 Å². The maximum Gasteiger partial charge on any atom is 0.250 e. The van der Waals surface area contributed by atoms with E-state index in [-0.39, 0.29) is 0 Å². The highest BCUT2D eigenvalue weighted by Gasteiger charge is 2.06. The minimum absolute atomic E-state index is 0.410. The zero-order chi connectivity index (χ0) is 14.5. The molecule has 104 valence electrons. The van der Waals surface area contributed by atoms with Crippen LogP contribution in [0.4, 0.5) is 5.82 Å². The predicted molar refractivity (Wildman–Crippen MR) is 79.2 cm³/mol. The van der Waals surface area contributed by atoms with Crippen LogP contribution in [0, 0.1) is 0 Å². The van der Waals surface area contributed by atoms with Gasteiger partial charge in [0.05, 0.1) is 5.56 Å². The maximum atomic E-state index is 11.0. The quantitative estimate of drug-likeness (QED) is 0.857. The lowest BCUT2D eigenvalue weighted by Crippen LogP contribution is -2.18. The Kier molecular flexibility index (Phi) is 4.32. The zero-order valence-electron chi connectivity index (χ0n) is 11.4. The molecule has 0 bridgehead atoms. The molecule has 1 aromatic carbocycles. The molecule has 0 aliphatic carbocycles. The molecule has 2 aromatic rings. The van der Waals surface area contributed by atoms with E-state index in [1.807, 2.05) is 30.1 Å². The van der Waals surface area contributed by atoms with Crippen molar-refractivity contribution in [2.75, 3.05) is 11.9 Å². The van der Waals surface area contributed by atoms with Gasteiger partial charge in [-0.15, -0.1) is 0 Å². The third-order valence-corrected chi connectivity index (χ3v) is 3.07. The van der Waals surface area contributed by atoms with E-state index in [9.17, 15) is 4.79 Å². The number of pyridine rings is 1. The molecule has 20 heavy (non-hydrogen) atoms. The molecule has 0 fully saturated rings. The third kappa shape index (κ3) is 3.33. The minimum atomic E-state index is -0.470. The van der Waals surface area contributed by atoms with E-state index in [1.165, 1.54) is 6.20 Å². The van der Waals surface area contributed by atoms with Gasteiger partial charge in [0.25, 0.3) is 0 Å². The summed E-state index contributed by atoms with van der Waals surface area (Å²) in [5.74, 6) is 0.315. The summed E-state index contributed by atoms with van der Waals surface area (Å²) in [5, 5.41) is 0. The first-order chi connectivity index (χ1) is 9.60. The van der Waals surface area contributed by atoms with Crippen LogP contribution in [0.1, 0.15) is 21.5 Å². The fourth-order valence-electron chi connectivity index (χ4n) is 1.97. The molecule has 0 saturated carbocycles. The summed E-state index contributed by atoms with van der Waals surface area (Å²) in [7, 11) is 1.95. The average Bonchev–Trinajstić information content (AvgIpc) is 2.47. The summed E-state index contributed by atoms with van der Waals surface area (Å²) < 4.78 is 0. The van der Waals surface area contributed by atoms with E-state index < -0.39 is 5.91 Å². The van der Waals surface area contributed by atoms with Crippen molar-refractivity contribution in [2.24, 2.45) is 11.5 Å². The average molecular weight is 270 g/mol. The van der Waals surface area contributed by atoms with E-state index in [1.54, 1.807) is 12.1 Å². The van der Waals surface area contributed by atoms with Crippen LogP contribution in [-0.2, 0) is 13.1 Å². The molecule has 0 unspecified atom stereocenters. The largest absolute Gasteiger partial charge is 0.366 e. The van der Waals surface area contributed by atoms with Gasteiger partial charge >= 0.3 is 0 Å². The molecular formula is C15H18N4O. The second-order valence-corrected chi connectivity index (χ2v) is 4.65. The number of hydrogen-bond donors (Lipinski definition) is 2. The van der Waals surface area contributed by atoms with Crippen molar-refractivity contribution >= 4 is 11.7 Å². The summed E-state index contributed by atoms with van der Waals surface area (Å²) in [5.41, 5.74) is 13.5. The highest BCUT2D eigenvalue weighted by Crippen LogP contribution is 2.14. The molecule has 0 saturated heterocycles. The first-order valence-corrected chi connectivity index (χ1v) is 6.35. The molecule has 2 rings (SSSR count). The maximum absolute atomic E-state index is 11.0. The van der Waals surface area contributed by atoms with Crippen LogP contribution in [-0.4, -0.2) is 17.9 Å². The minimum Gasteiger partial charge on any atom is -0.366 e. The Labute approximate surface area is 118 Å². The van der Waals surface area contributed by atoms with Crippen LogP contribution in [0.15, 0.2) is 42.6 Å². The Morgan fingerprint density at radius 1 is 1.25 bits per heavy atom. The van der Waals surface area contributed by atoms with Gasteiger partial charge in [0, 0.05) is 26.3 Å². The molecule has 4 N–H and O–H groups in total. The molecule has 1 amide bonds. The van der Waals surface area contributed by atoms with Crippen molar-refractivity contribution in [1.29, 1.82) is 0 Å². The number of anilines is 1. The highest BCUT2D eigenvalue weighted by atomic mass is 16.1. The molecule has 0 spiro atoms. The second-order valence-electron chi connectivity index (χ2n) is 4.65. The SMILES string of the molecule is CN(Cc1cccc(CN)c1)c1ccc(C(N)=O)cn1. The van der Waals surface area contributed by atoms with Gasteiger partial charge in [-0.05, 0) is 23.3 Å². The lowest BCUT2D eigenvalue weighted by atomic mass is 10.1. The number of nitrogens with zero attached hydrogens (tertiary/aromatic N) is 2. The molecule has 1 aromatic heterocycles. The van der Waals surface area contributed by atoms with E-state index in [0.717, 1.165) is 23.5 Å². The lowest BCUT2D eigenvalue weighted by Gasteiger charge is -2.18. The van der Waals surface area contributed by atoms with Crippen molar-refractivity contribution < 1.29 is 4.79 Å². The van der Waals surface area contributed by atoms with Gasteiger partial charge in [-0.1, -0.05) is 24.3 Å². The van der Waals surface area contributed by atoms with Crippen molar-refractivity contribution in [2.45, 2.75) is 13.1 Å². The van der Waals surface area contributed by atoms with Crippen molar-refractivity contribution in [3.8, 4) is 0 Å². The second kappa shape index (κ2) is 6.16. The van der Waals surface area contributed by atoms with Crippen molar-refractivity contribution in [3.63, 3.8) is 0 Å². The Balaban J connectivity index is 2.10. The van der Waals surface area contributed by atoms with E-state index >= 15 is 0 Å². The molecule has 5 heteroatoms. The van der Waals surface area contributed by atoms with Crippen molar-refractivity contribution in [3.05, 3.63) is 59.3 Å². The number of hydrogen-bond acceptors (Lipinski definition) is 4. The van der Waals surface area contributed by atoms with E-state index in [2.05, 4.69) is 11.1 Å². The monoisotopic (exact) mass is 270 g/mol. The summed E-state index contributed by atoms with van der Waals surface area (Å²) in [6.45, 7) is 1.25. The fourth-order valence-corrected chi connectivity index (χ4v) is 1.97. The summed E-state index contributed by atoms with van der Waals surface area (Å²) in [4.78, 5) is 17.2. The Hall–Kier alpha value is -2.40. The number of amides is 1. The van der Waals surface area contributed by atoms with Crippen LogP contribution < -0.4 is 16.4 Å². The number of rotatable bonds is 5. The molecular weight excluding hydrogens is 252 g/mol. The van der Waals surface area contributed by atoms with Crippen LogP contribution >= 0.6 is 0 Å². The van der Waals surface area contributed by atoms with Gasteiger partial charge in [0.15, 0.2) is 0 Å². The Morgan fingerprint density at radius 2 is 2.00 bits per heavy atom. The van der Waals surface area contributed by atoms with Gasteiger partial charge < -0.3 is 16.4 Å². The van der Waals surface area contributed by atoms with E-state index in [4.69, 9.17) is 11.5 Å². The molecule has 5 nitrogen and oxygen atoms in total. The highest BCUT2D eigenvalue weighted by molar-refractivity contribution is 5.92. The Morgan fingerprint density at radius 3 is 2.60 bits per heavy atom. The molecule has 0 atom stereocenters. The summed E-state index contributed by atoms with van der Waals surface area (Å²) in [6, 6.07) is 11.6. The Bertz CT molecular complexity index is 595. The number of carbonyl (C=O) groups excluding carboxylic acids is 1. The number of primary amides is 1. The summed E-state index contributed by atoms with van der Waals surface area (Å²) in [6.07, 6.45) is 1.49. The van der Waals surface area contributed by atoms with Crippen LogP contribution in [0.5, 0.6) is 0 Å². The standard InChI is InChI=1S/C15H18N4O/c1-19(10-12-4-2-3-11(7-12)8-16)14-6-5-13(9-18-14)15(17)20/h2-7,9H,8,10,16H2,1H3,(H2,17,20). The fraction of sp³-hybridized carbons (Fsp3) is 0.200. The van der Waals surface area contributed by atoms with Crippen molar-refractivity contribution in [1.82, 2.24) is 4.98 Å². The number of carbonyl (C=O) groups is 1. The van der Waals surface area contributed by atoms with Gasteiger partial charge in [-0.2, -0.15) is 0 Å². The van der Waals surface area contributed by atoms with Crippen LogP contribution in [0.2, 0.25) is 0 Å². The number of benzene rings is 1. The van der Waals surface area contributed by atoms with Gasteiger partial charge in [-0.3, -0.25) is 4.79 Å². The first kappa shape index (κ1) is 14.0. The molecule has 0 aliphatic heterocycles. The lowest BCUT2D eigenvalue weighted by molar-refractivity contribution is 0.1000. The predicted octanol–water partition coefficient (Wildman–Crippen LogP) is 1.28. The third-order valence-electron chi connectivity index (χ3n) is 3.07. The zero-order valence-corrected chi connectivity index (χ0v) is 11.4. The topological polar surface area (TPSA) is 85.2 Å². The van der Waals surface area contributed by atoms with Crippen LogP contribution in [0.25, 0.3) is 0 Å².